The molecule has 0 aliphatic heterocycles. The molecule has 6 nitrogen and oxygen atoms in total. The Morgan fingerprint density at radius 1 is 1.03 bits per heavy atom. The normalized spacial score (nSPS) is 13.6. The number of hydrogen-bond acceptors (Lipinski definition) is 6. The number of halogens is 5. The number of nitrogens with zero attached hydrogens (tertiary/aromatic N) is 2. The number of aromatic nitrogens is 3. The lowest BCUT2D eigenvalue weighted by Crippen LogP contribution is -2.31. The molecular weight excluding hydrogens is 429 g/mol. The highest BCUT2D eigenvalue weighted by Crippen LogP contribution is 2.32. The van der Waals surface area contributed by atoms with Gasteiger partial charge in [-0.15, -0.1) is 0 Å². The molecule has 0 radical (unpaired) electrons. The van der Waals surface area contributed by atoms with Crippen molar-refractivity contribution in [1.82, 2.24) is 19.7 Å². The average Bonchev–Trinajstić information content (AvgIpc) is 3.22. The molecule has 0 amide bonds. The van der Waals surface area contributed by atoms with E-state index in [1.807, 2.05) is 0 Å². The predicted octanol–water partition coefficient (Wildman–Crippen LogP) is 4.73. The third-order valence-electron chi connectivity index (χ3n) is 4.77. The summed E-state index contributed by atoms with van der Waals surface area (Å²) in [6.07, 6.45) is 3.43. The molecule has 0 spiro atoms. The van der Waals surface area contributed by atoms with E-state index in [0.717, 1.165) is 0 Å². The molecule has 0 saturated heterocycles. The number of nitrogens with one attached hydrogen (secondary N) is 3. The first-order valence-electron chi connectivity index (χ1n) is 8.94. The number of hydrogen-bond donors (Lipinski definition) is 4. The van der Waals surface area contributed by atoms with Gasteiger partial charge < -0.3 is 14.9 Å². The van der Waals surface area contributed by atoms with Crippen molar-refractivity contribution in [2.45, 2.75) is 31.7 Å². The summed E-state index contributed by atoms with van der Waals surface area (Å²) in [7, 11) is 0. The fraction of sp³-hybridized carbons (Fsp3) is 0.333. The smallest absolute Gasteiger partial charge is 0.200 e. The van der Waals surface area contributed by atoms with E-state index < -0.39 is 40.6 Å². The molecular formula is C18H18F5N5OS. The second-order valence-electron chi connectivity index (χ2n) is 6.71. The maximum atomic E-state index is 14.1. The molecule has 4 N–H and O–H groups in total. The molecule has 30 heavy (non-hydrogen) atoms. The van der Waals surface area contributed by atoms with E-state index in [2.05, 4.69) is 25.0 Å². The number of anilines is 1. The molecule has 2 atom stereocenters. The zero-order valence-electron chi connectivity index (χ0n) is 15.6. The van der Waals surface area contributed by atoms with E-state index in [1.54, 1.807) is 12.3 Å². The van der Waals surface area contributed by atoms with Gasteiger partial charge in [-0.3, -0.25) is 0 Å². The Hall–Kier alpha value is -2.44. The van der Waals surface area contributed by atoms with Crippen molar-refractivity contribution in [3.8, 4) is 0 Å². The minimum absolute atomic E-state index is 0.106. The fourth-order valence-corrected chi connectivity index (χ4v) is 3.47. The molecule has 12 heteroatoms. The predicted molar refractivity (Wildman–Crippen MR) is 103 cm³/mol. The fourth-order valence-electron chi connectivity index (χ4n) is 3.19. The summed E-state index contributed by atoms with van der Waals surface area (Å²) >= 11 is 0.397. The summed E-state index contributed by atoms with van der Waals surface area (Å²) in [6.45, 7) is 1.62. The Balaban J connectivity index is 1.77. The molecule has 0 fully saturated rings. The van der Waals surface area contributed by atoms with Crippen LogP contribution in [0.25, 0.3) is 11.0 Å². The Morgan fingerprint density at radius 3 is 2.37 bits per heavy atom. The van der Waals surface area contributed by atoms with Gasteiger partial charge in [-0.2, -0.15) is 0 Å². The third-order valence-corrected chi connectivity index (χ3v) is 5.07. The van der Waals surface area contributed by atoms with Gasteiger partial charge in [0.1, 0.15) is 17.8 Å². The first-order valence-corrected chi connectivity index (χ1v) is 9.71. The van der Waals surface area contributed by atoms with Gasteiger partial charge in [-0.05, 0) is 24.8 Å². The van der Waals surface area contributed by atoms with Gasteiger partial charge in [0.15, 0.2) is 23.3 Å². The Bertz CT molecular complexity index is 1000. The van der Waals surface area contributed by atoms with E-state index in [1.165, 1.54) is 13.3 Å². The minimum atomic E-state index is -2.18. The highest BCUT2D eigenvalue weighted by atomic mass is 32.2. The highest BCUT2D eigenvalue weighted by molar-refractivity contribution is 7.91. The Morgan fingerprint density at radius 2 is 1.70 bits per heavy atom. The van der Waals surface area contributed by atoms with Crippen LogP contribution in [0.1, 0.15) is 31.2 Å². The lowest BCUT2D eigenvalue weighted by Gasteiger charge is -2.22. The molecule has 3 aromatic rings. The first-order chi connectivity index (χ1) is 14.3. The monoisotopic (exact) mass is 447 g/mol. The van der Waals surface area contributed by atoms with Gasteiger partial charge in [0.2, 0.25) is 5.82 Å². The van der Waals surface area contributed by atoms with Crippen molar-refractivity contribution in [2.75, 3.05) is 11.9 Å². The molecule has 162 valence electrons. The maximum Gasteiger partial charge on any atom is 0.200 e. The molecule has 1 aromatic carbocycles. The van der Waals surface area contributed by atoms with E-state index in [9.17, 15) is 22.0 Å². The van der Waals surface area contributed by atoms with Crippen LogP contribution in [-0.2, 0) is 0 Å². The Labute approximate surface area is 172 Å². The number of fused-ring (bicyclic) bond motifs is 1. The quantitative estimate of drug-likeness (QED) is 0.125. The molecule has 0 aliphatic carbocycles. The van der Waals surface area contributed by atoms with Crippen molar-refractivity contribution in [2.24, 2.45) is 0 Å². The van der Waals surface area contributed by atoms with Gasteiger partial charge in [-0.25, -0.2) is 36.6 Å². The largest absolute Gasteiger partial charge is 0.365 e. The van der Waals surface area contributed by atoms with E-state index in [-0.39, 0.29) is 25.4 Å². The molecule has 2 aromatic heterocycles. The zero-order chi connectivity index (χ0) is 21.8. The maximum absolute atomic E-state index is 14.1. The van der Waals surface area contributed by atoms with Crippen molar-refractivity contribution >= 4 is 29.1 Å². The molecule has 2 unspecified atom stereocenters. The lowest BCUT2D eigenvalue weighted by molar-refractivity contribution is 0.362. The number of benzene rings is 1. The van der Waals surface area contributed by atoms with Crippen LogP contribution >= 0.6 is 12.2 Å². The van der Waals surface area contributed by atoms with Crippen LogP contribution in [0.3, 0.4) is 0 Å². The summed E-state index contributed by atoms with van der Waals surface area (Å²) in [4.78, 5) is 11.2. The van der Waals surface area contributed by atoms with Crippen LogP contribution in [0.4, 0.5) is 27.8 Å². The van der Waals surface area contributed by atoms with Gasteiger partial charge in [0.05, 0.1) is 17.6 Å². The minimum Gasteiger partial charge on any atom is -0.365 e. The summed E-state index contributed by atoms with van der Waals surface area (Å²) in [5, 5.41) is 3.87. The summed E-state index contributed by atoms with van der Waals surface area (Å²) in [5.74, 6) is -10.2. The van der Waals surface area contributed by atoms with Gasteiger partial charge in [0, 0.05) is 24.3 Å². The molecule has 0 bridgehead atoms. The van der Waals surface area contributed by atoms with Gasteiger partial charge in [-0.1, -0.05) is 6.92 Å². The average molecular weight is 447 g/mol. The van der Waals surface area contributed by atoms with Crippen molar-refractivity contribution in [3.63, 3.8) is 0 Å². The van der Waals surface area contributed by atoms with Crippen molar-refractivity contribution < 1.29 is 26.5 Å². The van der Waals surface area contributed by atoms with Crippen LogP contribution in [0.2, 0.25) is 0 Å². The van der Waals surface area contributed by atoms with Crippen LogP contribution in [-0.4, -0.2) is 32.1 Å². The van der Waals surface area contributed by atoms with Crippen LogP contribution in [0, 0.1) is 29.1 Å². The number of aromatic amines is 1. The number of rotatable bonds is 9. The first kappa shape index (κ1) is 22.2. The summed E-state index contributed by atoms with van der Waals surface area (Å²) < 4.78 is 80.0. The molecule has 2 heterocycles. The summed E-state index contributed by atoms with van der Waals surface area (Å²) in [5.41, 5.74) is -0.241. The summed E-state index contributed by atoms with van der Waals surface area (Å²) in [6, 6.07) is 1.39. The van der Waals surface area contributed by atoms with Crippen LogP contribution < -0.4 is 10.0 Å². The third kappa shape index (κ3) is 4.50. The standard InChI is InChI=1S/C18H18F5N5OS/c1-8(11-12(19)14(21)16(23)15(22)13(11)20)2-3-9(6-27-30-29)28-18-10-4-5-24-17(10)25-7-26-18/h4-5,7-9,27,29H,2-3,6H2,1H3,(H2,24,25,26,28). The van der Waals surface area contributed by atoms with E-state index in [4.69, 9.17) is 4.55 Å². The molecule has 3 rings (SSSR count). The second-order valence-corrected chi connectivity index (χ2v) is 7.18. The van der Waals surface area contributed by atoms with Crippen LogP contribution in [0.15, 0.2) is 18.6 Å². The lowest BCUT2D eigenvalue weighted by atomic mass is 9.92. The second kappa shape index (κ2) is 9.58. The number of H-pyrrole nitrogens is 1. The van der Waals surface area contributed by atoms with Crippen LogP contribution in [0.5, 0.6) is 0 Å². The van der Waals surface area contributed by atoms with Crippen molar-refractivity contribution in [3.05, 3.63) is 53.2 Å². The topological polar surface area (TPSA) is 85.9 Å². The SMILES string of the molecule is CC(CCC(CNSO)Nc1ncnc2[nH]ccc12)c1c(F)c(F)c(F)c(F)c1F. The Kier molecular flexibility index (Phi) is 7.10. The molecule has 0 saturated carbocycles. The zero-order valence-corrected chi connectivity index (χ0v) is 16.5. The van der Waals surface area contributed by atoms with E-state index in [0.29, 0.717) is 29.1 Å². The van der Waals surface area contributed by atoms with Gasteiger partial charge in [0.25, 0.3) is 0 Å². The molecule has 0 aliphatic rings. The van der Waals surface area contributed by atoms with Crippen molar-refractivity contribution in [1.29, 1.82) is 0 Å². The highest BCUT2D eigenvalue weighted by Gasteiger charge is 2.29. The van der Waals surface area contributed by atoms with Gasteiger partial charge >= 0.3 is 0 Å². The van der Waals surface area contributed by atoms with E-state index >= 15 is 0 Å².